The van der Waals surface area contributed by atoms with Crippen molar-refractivity contribution < 1.29 is 33.3 Å². The number of benzene rings is 1. The third-order valence-corrected chi connectivity index (χ3v) is 4.51. The van der Waals surface area contributed by atoms with E-state index in [4.69, 9.17) is 18.9 Å². The molecule has 9 heteroatoms. The summed E-state index contributed by atoms with van der Waals surface area (Å²) in [4.78, 5) is 40.7. The summed E-state index contributed by atoms with van der Waals surface area (Å²) >= 11 is 0. The number of aromatic nitrogens is 1. The van der Waals surface area contributed by atoms with Crippen LogP contribution in [-0.4, -0.2) is 48.2 Å². The van der Waals surface area contributed by atoms with Crippen molar-refractivity contribution >= 4 is 17.8 Å². The van der Waals surface area contributed by atoms with E-state index in [9.17, 15) is 14.4 Å². The Morgan fingerprint density at radius 3 is 2.38 bits per heavy atom. The molecule has 0 aliphatic heterocycles. The van der Waals surface area contributed by atoms with E-state index in [0.717, 1.165) is 0 Å². The monoisotopic (exact) mass is 444 g/mol. The number of carbonyl (C=O) groups is 3. The van der Waals surface area contributed by atoms with Gasteiger partial charge in [0.2, 0.25) is 5.75 Å². The van der Waals surface area contributed by atoms with Crippen LogP contribution < -0.4 is 19.5 Å². The number of rotatable bonds is 10. The lowest BCUT2D eigenvalue weighted by molar-refractivity contribution is -0.155. The average molecular weight is 444 g/mol. The lowest BCUT2D eigenvalue weighted by Gasteiger charge is -2.25. The number of ether oxygens (including phenoxy) is 4. The van der Waals surface area contributed by atoms with Crippen LogP contribution in [-0.2, 0) is 14.3 Å². The molecule has 9 nitrogen and oxygen atoms in total. The van der Waals surface area contributed by atoms with Crippen molar-refractivity contribution in [3.8, 4) is 17.2 Å². The van der Waals surface area contributed by atoms with Crippen molar-refractivity contribution in [2.75, 3.05) is 7.11 Å². The number of hydrogen-bond acceptors (Lipinski definition) is 8. The van der Waals surface area contributed by atoms with Crippen LogP contribution in [0.4, 0.5) is 0 Å². The normalized spacial score (nSPS) is 13.3. The molecule has 0 radical (unpaired) electrons. The van der Waals surface area contributed by atoms with Gasteiger partial charge in [-0.1, -0.05) is 25.1 Å². The van der Waals surface area contributed by atoms with Crippen molar-refractivity contribution in [2.24, 2.45) is 0 Å². The van der Waals surface area contributed by atoms with Gasteiger partial charge in [0.25, 0.3) is 5.91 Å². The summed E-state index contributed by atoms with van der Waals surface area (Å²) in [5, 5.41) is 2.52. The number of methoxy groups -OCH3 is 1. The highest BCUT2D eigenvalue weighted by atomic mass is 16.6. The molecule has 0 aliphatic rings. The Morgan fingerprint density at radius 2 is 1.78 bits per heavy atom. The number of para-hydroxylation sites is 1. The maximum atomic E-state index is 12.7. The SMILES string of the molecule is CC[C@@H](OC(=O)[C@H](C)NC(=O)c1nccc(OC)c1OC(C)=O)[C@H](C)Oc1ccccc1. The summed E-state index contributed by atoms with van der Waals surface area (Å²) in [5.74, 6) is -1.30. The van der Waals surface area contributed by atoms with E-state index >= 15 is 0 Å². The van der Waals surface area contributed by atoms with E-state index in [1.165, 1.54) is 33.2 Å². The zero-order valence-electron chi connectivity index (χ0n) is 18.8. The highest BCUT2D eigenvalue weighted by molar-refractivity contribution is 5.98. The fourth-order valence-electron chi connectivity index (χ4n) is 2.87. The molecule has 1 heterocycles. The Labute approximate surface area is 187 Å². The maximum Gasteiger partial charge on any atom is 0.328 e. The molecule has 1 amide bonds. The molecule has 0 saturated heterocycles. The Balaban J connectivity index is 2.05. The van der Waals surface area contributed by atoms with Crippen molar-refractivity contribution in [1.29, 1.82) is 0 Å². The van der Waals surface area contributed by atoms with Gasteiger partial charge in [0.05, 0.1) is 7.11 Å². The molecule has 1 N–H and O–H groups in total. The van der Waals surface area contributed by atoms with E-state index < -0.39 is 36.1 Å². The highest BCUT2D eigenvalue weighted by Gasteiger charge is 2.28. The van der Waals surface area contributed by atoms with Gasteiger partial charge in [-0.05, 0) is 32.4 Å². The molecular formula is C23H28N2O7. The van der Waals surface area contributed by atoms with Crippen LogP contribution in [0, 0.1) is 0 Å². The quantitative estimate of drug-likeness (QED) is 0.557. The van der Waals surface area contributed by atoms with E-state index in [2.05, 4.69) is 10.3 Å². The van der Waals surface area contributed by atoms with Gasteiger partial charge < -0.3 is 24.3 Å². The van der Waals surface area contributed by atoms with Gasteiger partial charge in [-0.3, -0.25) is 9.59 Å². The summed E-state index contributed by atoms with van der Waals surface area (Å²) in [7, 11) is 1.37. The second kappa shape index (κ2) is 11.7. The van der Waals surface area contributed by atoms with Gasteiger partial charge in [-0.15, -0.1) is 0 Å². The molecular weight excluding hydrogens is 416 g/mol. The zero-order valence-corrected chi connectivity index (χ0v) is 18.8. The molecule has 32 heavy (non-hydrogen) atoms. The molecule has 2 rings (SSSR count). The topological polar surface area (TPSA) is 113 Å². The average Bonchev–Trinajstić information content (AvgIpc) is 2.77. The molecule has 1 aromatic carbocycles. The summed E-state index contributed by atoms with van der Waals surface area (Å²) in [5.41, 5.74) is -0.188. The standard InChI is InChI=1S/C23H28N2O7/c1-6-18(15(3)30-17-10-8-7-9-11-17)32-23(28)14(2)25-22(27)20-21(31-16(4)26)19(29-5)12-13-24-20/h7-15,18H,6H2,1-5H3,(H,25,27)/t14-,15-,18+/m0/s1. The Bertz CT molecular complexity index is 933. The van der Waals surface area contributed by atoms with Gasteiger partial charge in [0, 0.05) is 19.2 Å². The number of amides is 1. The van der Waals surface area contributed by atoms with Crippen molar-refractivity contribution in [3.05, 3.63) is 48.3 Å². The third kappa shape index (κ3) is 6.69. The van der Waals surface area contributed by atoms with E-state index in [1.54, 1.807) is 0 Å². The molecule has 2 aromatic rings. The van der Waals surface area contributed by atoms with E-state index in [1.807, 2.05) is 44.2 Å². The number of hydrogen-bond donors (Lipinski definition) is 1. The summed E-state index contributed by atoms with van der Waals surface area (Å²) < 4.78 is 21.6. The van der Waals surface area contributed by atoms with E-state index in [-0.39, 0.29) is 17.2 Å². The minimum absolute atomic E-state index is 0.128. The first kappa shape index (κ1) is 24.6. The molecule has 0 aliphatic carbocycles. The molecule has 0 bridgehead atoms. The van der Waals surface area contributed by atoms with Gasteiger partial charge in [0.15, 0.2) is 11.4 Å². The highest BCUT2D eigenvalue weighted by Crippen LogP contribution is 2.29. The fraction of sp³-hybridized carbons (Fsp3) is 0.391. The lowest BCUT2D eigenvalue weighted by Crippen LogP contribution is -2.43. The van der Waals surface area contributed by atoms with Crippen LogP contribution in [0.1, 0.15) is 44.6 Å². The Kier molecular flexibility index (Phi) is 9.00. The summed E-state index contributed by atoms with van der Waals surface area (Å²) in [6, 6.07) is 9.67. The summed E-state index contributed by atoms with van der Waals surface area (Å²) in [6.07, 6.45) is 0.937. The number of nitrogens with zero attached hydrogens (tertiary/aromatic N) is 1. The smallest absolute Gasteiger partial charge is 0.328 e. The second-order valence-electron chi connectivity index (χ2n) is 7.00. The molecule has 3 atom stereocenters. The largest absolute Gasteiger partial charge is 0.493 e. The van der Waals surface area contributed by atoms with Gasteiger partial charge in [-0.25, -0.2) is 9.78 Å². The number of esters is 2. The predicted molar refractivity (Wildman–Crippen MR) is 116 cm³/mol. The number of nitrogens with one attached hydrogen (secondary N) is 1. The minimum atomic E-state index is -0.987. The van der Waals surface area contributed by atoms with Crippen LogP contribution >= 0.6 is 0 Å². The van der Waals surface area contributed by atoms with Crippen LogP contribution in [0.5, 0.6) is 17.2 Å². The van der Waals surface area contributed by atoms with Gasteiger partial charge in [0.1, 0.15) is 24.0 Å². The van der Waals surface area contributed by atoms with Crippen LogP contribution in [0.2, 0.25) is 0 Å². The Morgan fingerprint density at radius 1 is 1.09 bits per heavy atom. The Hall–Kier alpha value is -3.62. The first-order valence-electron chi connectivity index (χ1n) is 10.2. The van der Waals surface area contributed by atoms with Gasteiger partial charge in [-0.2, -0.15) is 0 Å². The lowest BCUT2D eigenvalue weighted by atomic mass is 10.1. The van der Waals surface area contributed by atoms with E-state index in [0.29, 0.717) is 12.2 Å². The number of carbonyl (C=O) groups excluding carboxylic acids is 3. The van der Waals surface area contributed by atoms with Crippen molar-refractivity contribution in [1.82, 2.24) is 10.3 Å². The molecule has 0 spiro atoms. The predicted octanol–water partition coefficient (Wildman–Crippen LogP) is 2.92. The maximum absolute atomic E-state index is 12.7. The second-order valence-corrected chi connectivity index (χ2v) is 7.00. The minimum Gasteiger partial charge on any atom is -0.493 e. The molecule has 1 aromatic heterocycles. The summed E-state index contributed by atoms with van der Waals surface area (Å²) in [6.45, 7) is 6.36. The first-order valence-corrected chi connectivity index (χ1v) is 10.2. The third-order valence-electron chi connectivity index (χ3n) is 4.51. The van der Waals surface area contributed by atoms with Crippen molar-refractivity contribution in [3.63, 3.8) is 0 Å². The molecule has 0 unspecified atom stereocenters. The van der Waals surface area contributed by atoms with Crippen molar-refractivity contribution in [2.45, 2.75) is 52.4 Å². The number of pyridine rings is 1. The zero-order chi connectivity index (χ0) is 23.7. The molecule has 0 fully saturated rings. The molecule has 172 valence electrons. The fourth-order valence-corrected chi connectivity index (χ4v) is 2.87. The van der Waals surface area contributed by atoms with Crippen LogP contribution in [0.15, 0.2) is 42.6 Å². The van der Waals surface area contributed by atoms with Crippen LogP contribution in [0.3, 0.4) is 0 Å². The molecule has 0 saturated carbocycles. The van der Waals surface area contributed by atoms with Gasteiger partial charge >= 0.3 is 11.9 Å². The first-order chi connectivity index (χ1) is 15.3. The van der Waals surface area contributed by atoms with Crippen LogP contribution in [0.25, 0.3) is 0 Å².